The van der Waals surface area contributed by atoms with E-state index in [-0.39, 0.29) is 22.5 Å². The van der Waals surface area contributed by atoms with Crippen molar-refractivity contribution in [2.75, 3.05) is 4.90 Å². The van der Waals surface area contributed by atoms with Crippen LogP contribution >= 0.6 is 0 Å². The first kappa shape index (κ1) is 21.1. The van der Waals surface area contributed by atoms with Gasteiger partial charge in [0.15, 0.2) is 0 Å². The standard InChI is InChI=1S/C26H16N2O7/c29-22-17-11-4-5-12-18(17)23(30)26(22)20-19(21(35-26)14-7-2-1-3-8-14)24(31)27(25(20)32)15-9-6-10-16(13-15)28(33)34/h1-13,19-21H/t19-,20+,21+/m1/s1. The average molecular weight is 468 g/mol. The Morgan fingerprint density at radius 1 is 0.800 bits per heavy atom. The molecule has 172 valence electrons. The molecule has 2 fully saturated rings. The van der Waals surface area contributed by atoms with Crippen molar-refractivity contribution in [3.8, 4) is 0 Å². The van der Waals surface area contributed by atoms with Gasteiger partial charge in [-0.3, -0.25) is 29.3 Å². The summed E-state index contributed by atoms with van der Waals surface area (Å²) in [5.41, 5.74) is -1.67. The molecule has 3 aromatic rings. The number of non-ortho nitro benzene ring substituents is 1. The number of fused-ring (bicyclic) bond motifs is 3. The number of ether oxygens (including phenoxy) is 1. The molecule has 3 atom stereocenters. The fourth-order valence-electron chi connectivity index (χ4n) is 5.46. The minimum Gasteiger partial charge on any atom is -0.349 e. The van der Waals surface area contributed by atoms with Gasteiger partial charge in [-0.2, -0.15) is 0 Å². The largest absolute Gasteiger partial charge is 0.349 e. The molecule has 6 rings (SSSR count). The van der Waals surface area contributed by atoms with Gasteiger partial charge in [-0.25, -0.2) is 4.90 Å². The number of hydrogen-bond acceptors (Lipinski definition) is 7. The number of rotatable bonds is 3. The fraction of sp³-hybridized carbons (Fsp3) is 0.154. The zero-order valence-electron chi connectivity index (χ0n) is 18.0. The number of carbonyl (C=O) groups excluding carboxylic acids is 4. The summed E-state index contributed by atoms with van der Waals surface area (Å²) in [6, 6.07) is 20.0. The smallest absolute Gasteiger partial charge is 0.271 e. The molecule has 3 aromatic carbocycles. The highest BCUT2D eigenvalue weighted by molar-refractivity contribution is 6.37. The van der Waals surface area contributed by atoms with E-state index in [1.807, 2.05) is 0 Å². The van der Waals surface area contributed by atoms with Gasteiger partial charge in [0.2, 0.25) is 29.0 Å². The van der Waals surface area contributed by atoms with Crippen molar-refractivity contribution < 1.29 is 28.8 Å². The maximum atomic E-state index is 13.8. The summed E-state index contributed by atoms with van der Waals surface area (Å²) >= 11 is 0. The Morgan fingerprint density at radius 2 is 1.43 bits per heavy atom. The van der Waals surface area contributed by atoms with Crippen molar-refractivity contribution >= 4 is 34.8 Å². The van der Waals surface area contributed by atoms with Crippen molar-refractivity contribution in [2.24, 2.45) is 11.8 Å². The van der Waals surface area contributed by atoms with Crippen LogP contribution in [0.1, 0.15) is 32.4 Å². The Kier molecular flexibility index (Phi) is 4.36. The van der Waals surface area contributed by atoms with Gasteiger partial charge in [-0.05, 0) is 11.6 Å². The molecule has 2 aliphatic heterocycles. The number of hydrogen-bond donors (Lipinski definition) is 0. The van der Waals surface area contributed by atoms with E-state index in [9.17, 15) is 29.3 Å². The topological polar surface area (TPSA) is 124 Å². The van der Waals surface area contributed by atoms with E-state index in [1.54, 1.807) is 42.5 Å². The highest BCUT2D eigenvalue weighted by Gasteiger charge is 2.74. The van der Waals surface area contributed by atoms with Crippen LogP contribution in [0.4, 0.5) is 11.4 Å². The van der Waals surface area contributed by atoms with E-state index in [0.29, 0.717) is 5.56 Å². The van der Waals surface area contributed by atoms with Crippen LogP contribution in [0.5, 0.6) is 0 Å². The lowest BCUT2D eigenvalue weighted by molar-refractivity contribution is -0.384. The minimum atomic E-state index is -2.18. The predicted octanol–water partition coefficient (Wildman–Crippen LogP) is 3.29. The number of carbonyl (C=O) groups is 4. The molecular formula is C26H16N2O7. The molecule has 0 radical (unpaired) electrons. The summed E-state index contributed by atoms with van der Waals surface area (Å²) in [4.78, 5) is 66.4. The van der Waals surface area contributed by atoms with E-state index >= 15 is 0 Å². The van der Waals surface area contributed by atoms with Crippen molar-refractivity contribution in [3.05, 3.63) is 106 Å². The van der Waals surface area contributed by atoms with Gasteiger partial charge in [-0.15, -0.1) is 0 Å². The third-order valence-corrected chi connectivity index (χ3v) is 6.95. The molecule has 35 heavy (non-hydrogen) atoms. The van der Waals surface area contributed by atoms with Crippen molar-refractivity contribution in [3.63, 3.8) is 0 Å². The lowest BCUT2D eigenvalue weighted by Gasteiger charge is -2.27. The number of nitro benzene ring substituents is 1. The van der Waals surface area contributed by atoms with E-state index in [0.717, 1.165) is 11.0 Å². The second-order valence-electron chi connectivity index (χ2n) is 8.68. The number of benzene rings is 3. The Balaban J connectivity index is 1.54. The van der Waals surface area contributed by atoms with Gasteiger partial charge in [0.25, 0.3) is 5.69 Å². The third kappa shape index (κ3) is 2.66. The van der Waals surface area contributed by atoms with Crippen molar-refractivity contribution in [2.45, 2.75) is 11.7 Å². The van der Waals surface area contributed by atoms with Gasteiger partial charge >= 0.3 is 0 Å². The molecule has 0 saturated carbocycles. The molecule has 0 bridgehead atoms. The highest BCUT2D eigenvalue weighted by atomic mass is 16.6. The summed E-state index contributed by atoms with van der Waals surface area (Å²) in [7, 11) is 0. The number of nitrogens with zero attached hydrogens (tertiary/aromatic N) is 2. The van der Waals surface area contributed by atoms with Crippen LogP contribution in [-0.2, 0) is 14.3 Å². The van der Waals surface area contributed by atoms with E-state index < -0.39 is 51.8 Å². The second kappa shape index (κ2) is 7.25. The highest BCUT2D eigenvalue weighted by Crippen LogP contribution is 2.57. The zero-order valence-corrected chi connectivity index (χ0v) is 18.0. The number of nitro groups is 1. The normalized spacial score (nSPS) is 24.2. The maximum Gasteiger partial charge on any atom is 0.271 e. The second-order valence-corrected chi connectivity index (χ2v) is 8.68. The summed E-state index contributed by atoms with van der Waals surface area (Å²) in [6.45, 7) is 0. The van der Waals surface area contributed by atoms with Crippen molar-refractivity contribution in [1.82, 2.24) is 0 Å². The van der Waals surface area contributed by atoms with Gasteiger partial charge in [0.05, 0.1) is 28.6 Å². The monoisotopic (exact) mass is 468 g/mol. The third-order valence-electron chi connectivity index (χ3n) is 6.95. The Labute approximate surface area is 198 Å². The lowest BCUT2D eigenvalue weighted by atomic mass is 9.77. The molecule has 0 aromatic heterocycles. The molecule has 2 heterocycles. The summed E-state index contributed by atoms with van der Waals surface area (Å²) in [5, 5.41) is 11.3. The Morgan fingerprint density at radius 3 is 2.06 bits per heavy atom. The molecule has 3 aliphatic rings. The SMILES string of the molecule is O=C1[C@@H]2[C@@H](C(=O)N1c1cccc([N+](=O)[O-])c1)C1(O[C@H]2c2ccccc2)C(=O)c2ccccc2C1=O. The first-order valence-corrected chi connectivity index (χ1v) is 10.9. The maximum absolute atomic E-state index is 13.8. The molecule has 0 N–H and O–H groups in total. The van der Waals surface area contributed by atoms with Crippen LogP contribution in [0.2, 0.25) is 0 Å². The summed E-state index contributed by atoms with van der Waals surface area (Å²) in [5.74, 6) is -5.36. The fourth-order valence-corrected chi connectivity index (χ4v) is 5.46. The van der Waals surface area contributed by atoms with Gasteiger partial charge in [0.1, 0.15) is 0 Å². The zero-order chi connectivity index (χ0) is 24.5. The number of Topliss-reactive ketones (excluding diaryl/α,β-unsaturated/α-hetero) is 2. The van der Waals surface area contributed by atoms with Crippen LogP contribution in [0.15, 0.2) is 78.9 Å². The first-order valence-electron chi connectivity index (χ1n) is 10.9. The average Bonchev–Trinajstić information content (AvgIpc) is 3.44. The molecule has 0 unspecified atom stereocenters. The van der Waals surface area contributed by atoms with E-state index in [2.05, 4.69) is 0 Å². The molecule has 1 spiro atoms. The predicted molar refractivity (Wildman–Crippen MR) is 121 cm³/mol. The van der Waals surface area contributed by atoms with Crippen LogP contribution in [0.25, 0.3) is 0 Å². The van der Waals surface area contributed by atoms with Crippen LogP contribution < -0.4 is 4.90 Å². The van der Waals surface area contributed by atoms with E-state index in [4.69, 9.17) is 4.74 Å². The van der Waals surface area contributed by atoms with Crippen LogP contribution in [0, 0.1) is 22.0 Å². The summed E-state index contributed by atoms with van der Waals surface area (Å²) < 4.78 is 6.18. The van der Waals surface area contributed by atoms with Crippen molar-refractivity contribution in [1.29, 1.82) is 0 Å². The number of amides is 2. The Bertz CT molecular complexity index is 1430. The minimum absolute atomic E-state index is 0.000899. The Hall–Kier alpha value is -4.50. The number of anilines is 1. The molecule has 2 saturated heterocycles. The van der Waals surface area contributed by atoms with Crippen LogP contribution in [0.3, 0.4) is 0 Å². The lowest BCUT2D eigenvalue weighted by Crippen LogP contribution is -2.51. The molecule has 1 aliphatic carbocycles. The number of ketones is 2. The number of imide groups is 1. The van der Waals surface area contributed by atoms with Crippen LogP contribution in [-0.4, -0.2) is 33.9 Å². The quantitative estimate of drug-likeness (QED) is 0.250. The van der Waals surface area contributed by atoms with Gasteiger partial charge < -0.3 is 4.74 Å². The first-order chi connectivity index (χ1) is 16.9. The summed E-state index contributed by atoms with van der Waals surface area (Å²) in [6.07, 6.45) is -1.04. The van der Waals surface area contributed by atoms with Gasteiger partial charge in [0, 0.05) is 23.3 Å². The molecule has 9 heteroatoms. The molecule has 9 nitrogen and oxygen atoms in total. The molecular weight excluding hydrogens is 452 g/mol. The van der Waals surface area contributed by atoms with E-state index in [1.165, 1.54) is 30.3 Å². The molecule has 2 amide bonds. The van der Waals surface area contributed by atoms with Gasteiger partial charge in [-0.1, -0.05) is 60.7 Å².